The molecule has 0 spiro atoms. The minimum absolute atomic E-state index is 0.237. The lowest BCUT2D eigenvalue weighted by Gasteiger charge is -2.16. The highest BCUT2D eigenvalue weighted by Crippen LogP contribution is 2.22. The van der Waals surface area contributed by atoms with Gasteiger partial charge in [-0.1, -0.05) is 6.07 Å². The van der Waals surface area contributed by atoms with Crippen LogP contribution in [0.5, 0.6) is 0 Å². The average molecular weight is 261 g/mol. The molecule has 2 aromatic rings. The Bertz CT molecular complexity index is 580. The molecule has 0 saturated carbocycles. The predicted molar refractivity (Wildman–Crippen MR) is 73.5 cm³/mol. The zero-order valence-electron chi connectivity index (χ0n) is 9.97. The van der Waals surface area contributed by atoms with Crippen LogP contribution in [-0.4, -0.2) is 33.3 Å². The Hall–Kier alpha value is -1.49. The Labute approximate surface area is 111 Å². The molecule has 4 nitrogen and oxygen atoms in total. The summed E-state index contributed by atoms with van der Waals surface area (Å²) >= 11 is 4.27. The highest BCUT2D eigenvalue weighted by atomic mass is 32.1. The lowest BCUT2D eigenvalue weighted by Crippen LogP contribution is -2.24. The SMILES string of the molecule is O=C1CC(CS)CN1Cc1ccc2[nH]ncc2c1. The van der Waals surface area contributed by atoms with Gasteiger partial charge in [-0.05, 0) is 29.4 Å². The predicted octanol–water partition coefficient (Wildman–Crippen LogP) is 1.84. The smallest absolute Gasteiger partial charge is 0.223 e. The second kappa shape index (κ2) is 4.65. The molecule has 1 saturated heterocycles. The largest absolute Gasteiger partial charge is 0.338 e. The first-order valence-corrected chi connectivity index (χ1v) is 6.70. The minimum Gasteiger partial charge on any atom is -0.338 e. The number of hydrogen-bond donors (Lipinski definition) is 2. The van der Waals surface area contributed by atoms with Crippen LogP contribution in [0.3, 0.4) is 0 Å². The van der Waals surface area contributed by atoms with E-state index in [2.05, 4.69) is 28.9 Å². The van der Waals surface area contributed by atoms with Gasteiger partial charge in [0.2, 0.25) is 5.91 Å². The highest BCUT2D eigenvalue weighted by Gasteiger charge is 2.28. The number of carbonyl (C=O) groups excluding carboxylic acids is 1. The van der Waals surface area contributed by atoms with E-state index in [1.54, 1.807) is 6.20 Å². The van der Waals surface area contributed by atoms with E-state index in [1.165, 1.54) is 0 Å². The van der Waals surface area contributed by atoms with Crippen molar-refractivity contribution in [3.05, 3.63) is 30.0 Å². The van der Waals surface area contributed by atoms with Crippen molar-refractivity contribution in [3.8, 4) is 0 Å². The molecule has 1 aliphatic heterocycles. The van der Waals surface area contributed by atoms with Gasteiger partial charge in [-0.3, -0.25) is 9.89 Å². The van der Waals surface area contributed by atoms with Crippen molar-refractivity contribution >= 4 is 29.4 Å². The van der Waals surface area contributed by atoms with E-state index < -0.39 is 0 Å². The van der Waals surface area contributed by atoms with Crippen molar-refractivity contribution in [2.24, 2.45) is 5.92 Å². The number of nitrogens with one attached hydrogen (secondary N) is 1. The summed E-state index contributed by atoms with van der Waals surface area (Å²) in [5.74, 6) is 1.42. The molecule has 1 unspecified atom stereocenters. The summed E-state index contributed by atoms with van der Waals surface area (Å²) in [7, 11) is 0. The fraction of sp³-hybridized carbons (Fsp3) is 0.385. The van der Waals surface area contributed by atoms with Gasteiger partial charge < -0.3 is 4.90 Å². The molecule has 94 valence electrons. The fourth-order valence-corrected chi connectivity index (χ4v) is 2.68. The topological polar surface area (TPSA) is 49.0 Å². The summed E-state index contributed by atoms with van der Waals surface area (Å²) in [6, 6.07) is 6.14. The maximum Gasteiger partial charge on any atom is 0.223 e. The number of benzene rings is 1. The van der Waals surface area contributed by atoms with Crippen LogP contribution in [0.15, 0.2) is 24.4 Å². The molecule has 18 heavy (non-hydrogen) atoms. The quantitative estimate of drug-likeness (QED) is 0.828. The maximum atomic E-state index is 11.8. The molecule has 0 aliphatic carbocycles. The number of aromatic amines is 1. The standard InChI is InChI=1S/C13H15N3OS/c17-13-4-10(8-18)7-16(13)6-9-1-2-12-11(3-9)5-14-15-12/h1-3,5,10,18H,4,6-8H2,(H,14,15). The van der Waals surface area contributed by atoms with Crippen molar-refractivity contribution in [2.75, 3.05) is 12.3 Å². The van der Waals surface area contributed by atoms with Crippen LogP contribution in [0.25, 0.3) is 10.9 Å². The highest BCUT2D eigenvalue weighted by molar-refractivity contribution is 7.80. The molecule has 1 fully saturated rings. The van der Waals surface area contributed by atoms with Crippen molar-refractivity contribution in [1.82, 2.24) is 15.1 Å². The number of hydrogen-bond acceptors (Lipinski definition) is 3. The average Bonchev–Trinajstić information content (AvgIpc) is 2.96. The van der Waals surface area contributed by atoms with E-state index in [0.29, 0.717) is 18.9 Å². The number of carbonyl (C=O) groups is 1. The lowest BCUT2D eigenvalue weighted by atomic mass is 10.1. The molecule has 1 aromatic heterocycles. The van der Waals surface area contributed by atoms with Gasteiger partial charge in [0.05, 0.1) is 11.7 Å². The molecule has 1 amide bonds. The molecular formula is C13H15N3OS. The molecule has 0 bridgehead atoms. The molecule has 1 aliphatic rings. The van der Waals surface area contributed by atoms with E-state index in [1.807, 2.05) is 17.0 Å². The number of thiol groups is 1. The molecule has 2 heterocycles. The van der Waals surface area contributed by atoms with E-state index in [0.717, 1.165) is 28.8 Å². The molecular weight excluding hydrogens is 246 g/mol. The Kier molecular flexibility index (Phi) is 2.99. The Morgan fingerprint density at radius 1 is 1.50 bits per heavy atom. The third-order valence-corrected chi connectivity index (χ3v) is 3.95. The summed E-state index contributed by atoms with van der Waals surface area (Å²) in [4.78, 5) is 13.8. The first-order chi connectivity index (χ1) is 8.76. The normalized spacial score (nSPS) is 19.9. The molecule has 1 aromatic carbocycles. The first-order valence-electron chi connectivity index (χ1n) is 6.07. The lowest BCUT2D eigenvalue weighted by molar-refractivity contribution is -0.128. The Morgan fingerprint density at radius 2 is 2.39 bits per heavy atom. The second-order valence-corrected chi connectivity index (χ2v) is 5.18. The maximum absolute atomic E-state index is 11.8. The number of aromatic nitrogens is 2. The molecule has 1 atom stereocenters. The van der Waals surface area contributed by atoms with Gasteiger partial charge in [-0.15, -0.1) is 0 Å². The second-order valence-electron chi connectivity index (χ2n) is 4.82. The van der Waals surface area contributed by atoms with Crippen molar-refractivity contribution in [3.63, 3.8) is 0 Å². The van der Waals surface area contributed by atoms with Gasteiger partial charge >= 0.3 is 0 Å². The van der Waals surface area contributed by atoms with Crippen LogP contribution >= 0.6 is 12.6 Å². The number of fused-ring (bicyclic) bond motifs is 1. The van der Waals surface area contributed by atoms with E-state index in [-0.39, 0.29) is 5.91 Å². The number of nitrogens with zero attached hydrogens (tertiary/aromatic N) is 2. The third-order valence-electron chi connectivity index (χ3n) is 3.43. The van der Waals surface area contributed by atoms with E-state index in [4.69, 9.17) is 0 Å². The van der Waals surface area contributed by atoms with Gasteiger partial charge in [0.15, 0.2) is 0 Å². The van der Waals surface area contributed by atoms with Crippen LogP contribution in [0, 0.1) is 5.92 Å². The zero-order valence-corrected chi connectivity index (χ0v) is 10.9. The summed E-state index contributed by atoms with van der Waals surface area (Å²) in [5, 5.41) is 8.01. The molecule has 5 heteroatoms. The minimum atomic E-state index is 0.237. The summed E-state index contributed by atoms with van der Waals surface area (Å²) < 4.78 is 0. The van der Waals surface area contributed by atoms with Gasteiger partial charge in [0, 0.05) is 24.9 Å². The fourth-order valence-electron chi connectivity index (χ4n) is 2.44. The van der Waals surface area contributed by atoms with E-state index >= 15 is 0 Å². The number of likely N-dealkylation sites (tertiary alicyclic amines) is 1. The Balaban J connectivity index is 1.77. The van der Waals surface area contributed by atoms with Gasteiger partial charge in [-0.2, -0.15) is 17.7 Å². The summed E-state index contributed by atoms with van der Waals surface area (Å²) in [6.45, 7) is 1.51. The van der Waals surface area contributed by atoms with Gasteiger partial charge in [0.25, 0.3) is 0 Å². The molecule has 1 N–H and O–H groups in total. The summed E-state index contributed by atoms with van der Waals surface area (Å²) in [6.07, 6.45) is 2.44. The van der Waals surface area contributed by atoms with Crippen LogP contribution in [0.2, 0.25) is 0 Å². The monoisotopic (exact) mass is 261 g/mol. The van der Waals surface area contributed by atoms with Crippen molar-refractivity contribution in [2.45, 2.75) is 13.0 Å². The zero-order chi connectivity index (χ0) is 12.5. The summed E-state index contributed by atoms with van der Waals surface area (Å²) in [5.41, 5.74) is 2.18. The first kappa shape index (κ1) is 11.6. The molecule has 3 rings (SSSR count). The van der Waals surface area contributed by atoms with Gasteiger partial charge in [-0.25, -0.2) is 0 Å². The van der Waals surface area contributed by atoms with Crippen LogP contribution in [0.1, 0.15) is 12.0 Å². The Morgan fingerprint density at radius 3 is 3.17 bits per heavy atom. The molecule has 0 radical (unpaired) electrons. The number of H-pyrrole nitrogens is 1. The van der Waals surface area contributed by atoms with Crippen LogP contribution in [-0.2, 0) is 11.3 Å². The van der Waals surface area contributed by atoms with Crippen LogP contribution < -0.4 is 0 Å². The number of amides is 1. The number of rotatable bonds is 3. The van der Waals surface area contributed by atoms with Crippen molar-refractivity contribution < 1.29 is 4.79 Å². The third kappa shape index (κ3) is 2.10. The van der Waals surface area contributed by atoms with Gasteiger partial charge in [0.1, 0.15) is 0 Å². The van der Waals surface area contributed by atoms with Crippen LogP contribution in [0.4, 0.5) is 0 Å². The van der Waals surface area contributed by atoms with E-state index in [9.17, 15) is 4.79 Å². The van der Waals surface area contributed by atoms with Crippen molar-refractivity contribution in [1.29, 1.82) is 0 Å².